The van der Waals surface area contributed by atoms with Gasteiger partial charge in [0, 0.05) is 12.7 Å². The minimum Gasteiger partial charge on any atom is -0.390 e. The Morgan fingerprint density at radius 1 is 1.40 bits per heavy atom. The number of benzene rings is 1. The van der Waals surface area contributed by atoms with Crippen LogP contribution in [0.2, 0.25) is 0 Å². The zero-order chi connectivity index (χ0) is 10.8. The van der Waals surface area contributed by atoms with Gasteiger partial charge in [0.2, 0.25) is 0 Å². The second kappa shape index (κ2) is 4.21. The molecule has 1 unspecified atom stereocenters. The SMILES string of the molecule is OC(CCl)Cn1ccc2ccc(F)cc21. The van der Waals surface area contributed by atoms with Crippen molar-refractivity contribution >= 4 is 22.5 Å². The van der Waals surface area contributed by atoms with Crippen LogP contribution in [0, 0.1) is 5.82 Å². The molecule has 0 radical (unpaired) electrons. The summed E-state index contributed by atoms with van der Waals surface area (Å²) in [6, 6.07) is 6.48. The number of rotatable bonds is 3. The highest BCUT2D eigenvalue weighted by Crippen LogP contribution is 2.17. The van der Waals surface area contributed by atoms with Crippen molar-refractivity contribution in [3.05, 3.63) is 36.3 Å². The molecule has 0 bridgehead atoms. The van der Waals surface area contributed by atoms with E-state index in [4.69, 9.17) is 11.6 Å². The number of aliphatic hydroxyl groups excluding tert-OH is 1. The largest absolute Gasteiger partial charge is 0.390 e. The van der Waals surface area contributed by atoms with Crippen molar-refractivity contribution in [1.82, 2.24) is 4.57 Å². The van der Waals surface area contributed by atoms with E-state index in [1.165, 1.54) is 12.1 Å². The molecule has 2 nitrogen and oxygen atoms in total. The van der Waals surface area contributed by atoms with E-state index < -0.39 is 6.10 Å². The van der Waals surface area contributed by atoms with Crippen LogP contribution in [0.1, 0.15) is 0 Å². The Morgan fingerprint density at radius 2 is 2.20 bits per heavy atom. The molecule has 1 aromatic carbocycles. The highest BCUT2D eigenvalue weighted by molar-refractivity contribution is 6.18. The molecule has 4 heteroatoms. The topological polar surface area (TPSA) is 25.2 Å². The van der Waals surface area contributed by atoms with Crippen LogP contribution >= 0.6 is 11.6 Å². The zero-order valence-corrected chi connectivity index (χ0v) is 8.78. The van der Waals surface area contributed by atoms with Gasteiger partial charge in [0.1, 0.15) is 5.82 Å². The van der Waals surface area contributed by atoms with E-state index in [0.717, 1.165) is 10.9 Å². The Hall–Kier alpha value is -1.06. The molecule has 1 aromatic heterocycles. The highest BCUT2D eigenvalue weighted by Gasteiger charge is 2.06. The van der Waals surface area contributed by atoms with Gasteiger partial charge < -0.3 is 9.67 Å². The van der Waals surface area contributed by atoms with E-state index in [2.05, 4.69) is 0 Å². The van der Waals surface area contributed by atoms with Gasteiger partial charge >= 0.3 is 0 Å². The summed E-state index contributed by atoms with van der Waals surface area (Å²) in [4.78, 5) is 0. The third kappa shape index (κ3) is 2.13. The van der Waals surface area contributed by atoms with Crippen molar-refractivity contribution in [2.24, 2.45) is 0 Å². The predicted molar refractivity (Wildman–Crippen MR) is 58.6 cm³/mol. The number of hydrogen-bond acceptors (Lipinski definition) is 1. The third-order valence-corrected chi connectivity index (χ3v) is 2.68. The van der Waals surface area contributed by atoms with E-state index in [1.807, 2.05) is 12.3 Å². The van der Waals surface area contributed by atoms with E-state index in [0.29, 0.717) is 6.54 Å². The number of nitrogens with zero attached hydrogens (tertiary/aromatic N) is 1. The highest BCUT2D eigenvalue weighted by atomic mass is 35.5. The van der Waals surface area contributed by atoms with Gasteiger partial charge in [-0.2, -0.15) is 0 Å². The van der Waals surface area contributed by atoms with Crippen molar-refractivity contribution in [3.63, 3.8) is 0 Å². The average molecular weight is 228 g/mol. The Kier molecular flexibility index (Phi) is 2.93. The van der Waals surface area contributed by atoms with Crippen molar-refractivity contribution < 1.29 is 9.50 Å². The Bertz CT molecular complexity index is 469. The van der Waals surface area contributed by atoms with Crippen LogP contribution in [0.25, 0.3) is 10.9 Å². The number of hydrogen-bond donors (Lipinski definition) is 1. The summed E-state index contributed by atoms with van der Waals surface area (Å²) in [6.07, 6.45) is 1.21. The van der Waals surface area contributed by atoms with Crippen LogP contribution in [-0.2, 0) is 6.54 Å². The maximum Gasteiger partial charge on any atom is 0.125 e. The molecule has 0 saturated carbocycles. The second-order valence-corrected chi connectivity index (χ2v) is 3.79. The van der Waals surface area contributed by atoms with Gasteiger partial charge in [-0.05, 0) is 29.7 Å². The third-order valence-electron chi connectivity index (χ3n) is 2.32. The summed E-state index contributed by atoms with van der Waals surface area (Å²) in [5, 5.41) is 10.4. The number of fused-ring (bicyclic) bond motifs is 1. The normalized spacial score (nSPS) is 13.3. The fourth-order valence-corrected chi connectivity index (χ4v) is 1.69. The molecule has 0 fully saturated rings. The van der Waals surface area contributed by atoms with E-state index in [1.54, 1.807) is 10.6 Å². The minimum absolute atomic E-state index is 0.176. The molecule has 1 atom stereocenters. The van der Waals surface area contributed by atoms with Crippen LogP contribution in [0.3, 0.4) is 0 Å². The maximum atomic E-state index is 13.0. The van der Waals surface area contributed by atoms with Crippen molar-refractivity contribution in [2.75, 3.05) is 5.88 Å². The standard InChI is InChI=1S/C11H11ClFNO/c12-6-10(15)7-14-4-3-8-1-2-9(13)5-11(8)14/h1-5,10,15H,6-7H2. The first-order valence-corrected chi connectivity index (χ1v) is 5.22. The predicted octanol–water partition coefficient (Wildman–Crippen LogP) is 2.38. The van der Waals surface area contributed by atoms with Crippen molar-refractivity contribution in [2.45, 2.75) is 12.6 Å². The summed E-state index contributed by atoms with van der Waals surface area (Å²) < 4.78 is 14.8. The fourth-order valence-electron chi connectivity index (χ4n) is 1.59. The molecule has 0 aliphatic carbocycles. The first-order chi connectivity index (χ1) is 7.20. The molecule has 0 saturated heterocycles. The monoisotopic (exact) mass is 227 g/mol. The molecular formula is C11H11ClFNO. The zero-order valence-electron chi connectivity index (χ0n) is 8.03. The number of aliphatic hydroxyl groups is 1. The number of aromatic nitrogens is 1. The smallest absolute Gasteiger partial charge is 0.125 e. The van der Waals surface area contributed by atoms with Crippen LogP contribution in [0.5, 0.6) is 0 Å². The van der Waals surface area contributed by atoms with E-state index in [-0.39, 0.29) is 11.7 Å². The first-order valence-electron chi connectivity index (χ1n) is 4.69. The first kappa shape index (κ1) is 10.5. The van der Waals surface area contributed by atoms with Crippen LogP contribution < -0.4 is 0 Å². The van der Waals surface area contributed by atoms with Crippen molar-refractivity contribution in [3.8, 4) is 0 Å². The quantitative estimate of drug-likeness (QED) is 0.801. The average Bonchev–Trinajstić information content (AvgIpc) is 2.61. The van der Waals surface area contributed by atoms with Gasteiger partial charge in [-0.25, -0.2) is 4.39 Å². The van der Waals surface area contributed by atoms with Crippen molar-refractivity contribution in [1.29, 1.82) is 0 Å². The summed E-state index contributed by atoms with van der Waals surface area (Å²) in [6.45, 7) is 0.385. The van der Waals surface area contributed by atoms with Gasteiger partial charge in [-0.3, -0.25) is 0 Å². The lowest BCUT2D eigenvalue weighted by molar-refractivity contribution is 0.178. The second-order valence-electron chi connectivity index (χ2n) is 3.48. The van der Waals surface area contributed by atoms with Gasteiger partial charge in [0.25, 0.3) is 0 Å². The lowest BCUT2D eigenvalue weighted by Gasteiger charge is -2.09. The number of halogens is 2. The Balaban J connectivity index is 2.39. The molecule has 2 rings (SSSR count). The lowest BCUT2D eigenvalue weighted by atomic mass is 10.2. The Labute approximate surface area is 91.9 Å². The van der Waals surface area contributed by atoms with Crippen LogP contribution in [0.4, 0.5) is 4.39 Å². The van der Waals surface area contributed by atoms with Gasteiger partial charge in [-0.1, -0.05) is 0 Å². The number of alkyl halides is 1. The van der Waals surface area contributed by atoms with Crippen LogP contribution in [-0.4, -0.2) is 21.7 Å². The van der Waals surface area contributed by atoms with Gasteiger partial charge in [0.15, 0.2) is 0 Å². The molecule has 1 heterocycles. The lowest BCUT2D eigenvalue weighted by Crippen LogP contribution is -2.16. The van der Waals surface area contributed by atoms with Gasteiger partial charge in [-0.15, -0.1) is 11.6 Å². The molecule has 15 heavy (non-hydrogen) atoms. The molecule has 0 aliphatic heterocycles. The molecule has 80 valence electrons. The summed E-state index contributed by atoms with van der Waals surface area (Å²) in [7, 11) is 0. The Morgan fingerprint density at radius 3 is 2.93 bits per heavy atom. The fraction of sp³-hybridized carbons (Fsp3) is 0.273. The van der Waals surface area contributed by atoms with Gasteiger partial charge in [0.05, 0.1) is 17.5 Å². The molecule has 1 N–H and O–H groups in total. The van der Waals surface area contributed by atoms with E-state index >= 15 is 0 Å². The minimum atomic E-state index is -0.606. The maximum absolute atomic E-state index is 13.0. The molecule has 2 aromatic rings. The van der Waals surface area contributed by atoms with Crippen LogP contribution in [0.15, 0.2) is 30.5 Å². The summed E-state index contributed by atoms with van der Waals surface area (Å²) >= 11 is 5.51. The molecule has 0 amide bonds. The molecule has 0 aliphatic rings. The molecule has 0 spiro atoms. The van der Waals surface area contributed by atoms with E-state index in [9.17, 15) is 9.50 Å². The molecular weight excluding hydrogens is 217 g/mol. The summed E-state index contributed by atoms with van der Waals surface area (Å²) in [5.74, 6) is -0.0996. The summed E-state index contributed by atoms with van der Waals surface area (Å²) in [5.41, 5.74) is 0.777.